The van der Waals surface area contributed by atoms with Crippen molar-refractivity contribution in [3.8, 4) is 5.69 Å². The van der Waals surface area contributed by atoms with Crippen LogP contribution in [0.15, 0.2) is 47.5 Å². The lowest BCUT2D eigenvalue weighted by atomic mass is 10.0. The Labute approximate surface area is 152 Å². The van der Waals surface area contributed by atoms with Gasteiger partial charge in [0.1, 0.15) is 0 Å². The summed E-state index contributed by atoms with van der Waals surface area (Å²) < 4.78 is 1.57. The Balaban J connectivity index is 1.98. The Morgan fingerprint density at radius 1 is 1.12 bits per heavy atom. The highest BCUT2D eigenvalue weighted by molar-refractivity contribution is 6.36. The Bertz CT molecular complexity index is 1040. The number of benzene rings is 2. The van der Waals surface area contributed by atoms with E-state index < -0.39 is 5.91 Å². The van der Waals surface area contributed by atoms with Crippen molar-refractivity contribution in [1.29, 1.82) is 0 Å². The van der Waals surface area contributed by atoms with Crippen LogP contribution >= 0.6 is 23.2 Å². The molecule has 0 saturated carbocycles. The first kappa shape index (κ1) is 15.8. The molecule has 4 rings (SSSR count). The van der Waals surface area contributed by atoms with Crippen molar-refractivity contribution in [3.63, 3.8) is 0 Å². The van der Waals surface area contributed by atoms with E-state index in [-0.39, 0.29) is 12.4 Å². The number of nitrogens with two attached hydrogens (primary N) is 1. The minimum atomic E-state index is -0.689. The lowest BCUT2D eigenvalue weighted by molar-refractivity contribution is 0.0990. The molecule has 1 aliphatic heterocycles. The van der Waals surface area contributed by atoms with E-state index in [0.29, 0.717) is 27.3 Å². The summed E-state index contributed by atoms with van der Waals surface area (Å²) in [5.74, 6) is -0.224. The highest BCUT2D eigenvalue weighted by atomic mass is 35.5. The number of carbonyl (C=O) groups excluding carboxylic acids is 1. The summed E-state index contributed by atoms with van der Waals surface area (Å²) in [6, 6.07) is 12.8. The molecule has 1 aliphatic rings. The number of primary amides is 1. The van der Waals surface area contributed by atoms with Crippen molar-refractivity contribution in [2.24, 2.45) is 10.7 Å². The van der Waals surface area contributed by atoms with Gasteiger partial charge in [0.25, 0.3) is 5.91 Å². The SMILES string of the molecule is NC(=O)c1nc2n(n1)-c1ccc(Cl)cc1C(c1ccccc1Cl)=NC2. The Morgan fingerprint density at radius 2 is 1.92 bits per heavy atom. The van der Waals surface area contributed by atoms with Crippen LogP contribution in [0.2, 0.25) is 10.0 Å². The number of halogens is 2. The molecule has 0 saturated heterocycles. The fourth-order valence-corrected chi connectivity index (χ4v) is 3.14. The molecule has 124 valence electrons. The number of carbonyl (C=O) groups is 1. The zero-order chi connectivity index (χ0) is 17.6. The summed E-state index contributed by atoms with van der Waals surface area (Å²) in [4.78, 5) is 20.2. The molecule has 2 heterocycles. The molecular weight excluding hydrogens is 361 g/mol. The zero-order valence-electron chi connectivity index (χ0n) is 12.8. The van der Waals surface area contributed by atoms with Gasteiger partial charge in [-0.3, -0.25) is 9.79 Å². The van der Waals surface area contributed by atoms with E-state index in [1.165, 1.54) is 0 Å². The van der Waals surface area contributed by atoms with Crippen LogP contribution in [-0.2, 0) is 6.54 Å². The molecule has 2 N–H and O–H groups in total. The second-order valence-electron chi connectivity index (χ2n) is 5.43. The second-order valence-corrected chi connectivity index (χ2v) is 6.28. The fourth-order valence-electron chi connectivity index (χ4n) is 2.75. The van der Waals surface area contributed by atoms with Crippen molar-refractivity contribution < 1.29 is 4.79 Å². The number of aliphatic imine (C=N–C) groups is 1. The van der Waals surface area contributed by atoms with Crippen molar-refractivity contribution in [3.05, 3.63) is 75.3 Å². The molecule has 0 radical (unpaired) electrons. The van der Waals surface area contributed by atoms with Gasteiger partial charge in [-0.15, -0.1) is 5.10 Å². The van der Waals surface area contributed by atoms with Crippen LogP contribution in [0.25, 0.3) is 5.69 Å². The molecule has 0 aliphatic carbocycles. The lowest BCUT2D eigenvalue weighted by Gasteiger charge is -2.12. The molecule has 1 amide bonds. The van der Waals surface area contributed by atoms with Gasteiger partial charge in [-0.25, -0.2) is 9.67 Å². The van der Waals surface area contributed by atoms with Crippen molar-refractivity contribution in [2.75, 3.05) is 0 Å². The van der Waals surface area contributed by atoms with Crippen molar-refractivity contribution in [2.45, 2.75) is 6.54 Å². The van der Waals surface area contributed by atoms with Gasteiger partial charge in [-0.05, 0) is 24.3 Å². The molecule has 0 spiro atoms. The Hall–Kier alpha value is -2.70. The molecule has 8 heteroatoms. The van der Waals surface area contributed by atoms with E-state index in [1.54, 1.807) is 28.9 Å². The average molecular weight is 372 g/mol. The molecule has 3 aromatic rings. The number of nitrogens with zero attached hydrogens (tertiary/aromatic N) is 4. The van der Waals surface area contributed by atoms with Crippen LogP contribution in [0.3, 0.4) is 0 Å². The highest BCUT2D eigenvalue weighted by Crippen LogP contribution is 2.29. The second kappa shape index (κ2) is 5.98. The topological polar surface area (TPSA) is 86.2 Å². The largest absolute Gasteiger partial charge is 0.363 e. The first-order chi connectivity index (χ1) is 12.0. The van der Waals surface area contributed by atoms with Crippen LogP contribution < -0.4 is 5.73 Å². The summed E-state index contributed by atoms with van der Waals surface area (Å²) in [6.07, 6.45) is 0. The van der Waals surface area contributed by atoms with E-state index >= 15 is 0 Å². The van der Waals surface area contributed by atoms with Gasteiger partial charge in [0.05, 0.1) is 17.9 Å². The van der Waals surface area contributed by atoms with Crippen LogP contribution in [0, 0.1) is 0 Å². The molecular formula is C17H11Cl2N5O. The number of amides is 1. The van der Waals surface area contributed by atoms with Crippen molar-refractivity contribution >= 4 is 34.8 Å². The number of rotatable bonds is 2. The summed E-state index contributed by atoms with van der Waals surface area (Å²) in [5, 5.41) is 5.35. The van der Waals surface area contributed by atoms with Crippen LogP contribution in [-0.4, -0.2) is 26.4 Å². The Morgan fingerprint density at radius 3 is 2.68 bits per heavy atom. The predicted octanol–water partition coefficient (Wildman–Crippen LogP) is 3.02. The predicted molar refractivity (Wildman–Crippen MR) is 95.7 cm³/mol. The lowest BCUT2D eigenvalue weighted by Crippen LogP contribution is -2.14. The quantitative estimate of drug-likeness (QED) is 0.750. The van der Waals surface area contributed by atoms with E-state index in [2.05, 4.69) is 15.1 Å². The van der Waals surface area contributed by atoms with E-state index in [0.717, 1.165) is 11.1 Å². The molecule has 25 heavy (non-hydrogen) atoms. The molecule has 6 nitrogen and oxygen atoms in total. The first-order valence-electron chi connectivity index (χ1n) is 7.40. The van der Waals surface area contributed by atoms with Gasteiger partial charge in [-0.1, -0.05) is 41.4 Å². The molecule has 0 fully saturated rings. The number of hydrogen-bond donors (Lipinski definition) is 1. The third kappa shape index (κ3) is 2.69. The zero-order valence-corrected chi connectivity index (χ0v) is 14.3. The highest BCUT2D eigenvalue weighted by Gasteiger charge is 2.24. The Kier molecular flexibility index (Phi) is 3.78. The smallest absolute Gasteiger partial charge is 0.288 e. The summed E-state index contributed by atoms with van der Waals surface area (Å²) >= 11 is 12.6. The summed E-state index contributed by atoms with van der Waals surface area (Å²) in [7, 11) is 0. The van der Waals surface area contributed by atoms with Gasteiger partial charge < -0.3 is 5.73 Å². The molecule has 0 bridgehead atoms. The van der Waals surface area contributed by atoms with Crippen LogP contribution in [0.5, 0.6) is 0 Å². The first-order valence-corrected chi connectivity index (χ1v) is 8.15. The maximum atomic E-state index is 11.4. The molecule has 0 atom stereocenters. The number of hydrogen-bond acceptors (Lipinski definition) is 4. The van der Waals surface area contributed by atoms with Crippen molar-refractivity contribution in [1.82, 2.24) is 14.8 Å². The van der Waals surface area contributed by atoms with E-state index in [4.69, 9.17) is 28.9 Å². The average Bonchev–Trinajstić information content (AvgIpc) is 2.95. The minimum Gasteiger partial charge on any atom is -0.363 e. The number of fused-ring (bicyclic) bond motifs is 3. The van der Waals surface area contributed by atoms with Crippen LogP contribution in [0.4, 0.5) is 0 Å². The molecule has 0 unspecified atom stereocenters. The molecule has 1 aromatic heterocycles. The number of aromatic nitrogens is 3. The fraction of sp³-hybridized carbons (Fsp3) is 0.0588. The summed E-state index contributed by atoms with van der Waals surface area (Å²) in [6.45, 7) is 0.229. The van der Waals surface area contributed by atoms with Gasteiger partial charge in [0, 0.05) is 21.2 Å². The van der Waals surface area contributed by atoms with Gasteiger partial charge >= 0.3 is 0 Å². The minimum absolute atomic E-state index is 0.0488. The van der Waals surface area contributed by atoms with E-state index in [9.17, 15) is 4.79 Å². The summed E-state index contributed by atoms with van der Waals surface area (Å²) in [5.41, 5.74) is 8.23. The maximum absolute atomic E-state index is 11.4. The maximum Gasteiger partial charge on any atom is 0.288 e. The van der Waals surface area contributed by atoms with E-state index in [1.807, 2.05) is 18.2 Å². The third-order valence-electron chi connectivity index (χ3n) is 3.84. The standard InChI is InChI=1S/C17H11Cl2N5O/c18-9-5-6-13-11(7-9)15(10-3-1-2-4-12(10)19)21-8-14-22-17(16(20)25)23-24(13)14/h1-7H,8H2,(H2,20,25). The third-order valence-corrected chi connectivity index (χ3v) is 4.41. The van der Waals surface area contributed by atoms with Crippen LogP contribution in [0.1, 0.15) is 27.6 Å². The van der Waals surface area contributed by atoms with Gasteiger partial charge in [0.2, 0.25) is 5.82 Å². The monoisotopic (exact) mass is 371 g/mol. The van der Waals surface area contributed by atoms with Gasteiger partial charge in [0.15, 0.2) is 5.82 Å². The molecule has 2 aromatic carbocycles. The normalized spacial score (nSPS) is 12.8. The van der Waals surface area contributed by atoms with Gasteiger partial charge in [-0.2, -0.15) is 0 Å².